The zero-order chi connectivity index (χ0) is 16.8. The van der Waals surface area contributed by atoms with Crippen LogP contribution >= 0.6 is 35.0 Å². The van der Waals surface area contributed by atoms with E-state index in [2.05, 4.69) is 15.3 Å². The summed E-state index contributed by atoms with van der Waals surface area (Å²) in [6, 6.07) is 6.29. The number of rotatable bonds is 6. The summed E-state index contributed by atoms with van der Waals surface area (Å²) in [7, 11) is 1.51. The van der Waals surface area contributed by atoms with Crippen molar-refractivity contribution in [2.45, 2.75) is 11.8 Å². The van der Waals surface area contributed by atoms with Gasteiger partial charge < -0.3 is 15.0 Å². The lowest BCUT2D eigenvalue weighted by atomic mass is 10.3. The Hall–Kier alpha value is -1.54. The summed E-state index contributed by atoms with van der Waals surface area (Å²) >= 11 is 13.1. The van der Waals surface area contributed by atoms with Crippen LogP contribution in [0.4, 0.5) is 5.69 Å². The van der Waals surface area contributed by atoms with Crippen molar-refractivity contribution in [1.82, 2.24) is 9.97 Å². The van der Waals surface area contributed by atoms with Gasteiger partial charge in [-0.3, -0.25) is 9.59 Å². The molecule has 0 spiro atoms. The average molecular weight is 374 g/mol. The van der Waals surface area contributed by atoms with E-state index in [1.807, 2.05) is 0 Å². The van der Waals surface area contributed by atoms with E-state index >= 15 is 0 Å². The molecule has 0 atom stereocenters. The molecule has 0 saturated carbocycles. The number of carbonyl (C=O) groups is 1. The van der Waals surface area contributed by atoms with Gasteiger partial charge in [0.05, 0.1) is 33.8 Å². The predicted octanol–water partition coefficient (Wildman–Crippen LogP) is 2.95. The highest BCUT2D eigenvalue weighted by Crippen LogP contribution is 2.29. The summed E-state index contributed by atoms with van der Waals surface area (Å²) < 4.78 is 4.94. The van der Waals surface area contributed by atoms with Crippen LogP contribution in [0.2, 0.25) is 10.0 Å². The Kier molecular flexibility index (Phi) is 6.47. The molecule has 2 N–H and O–H groups in total. The first-order valence-electron chi connectivity index (χ1n) is 6.45. The molecule has 23 heavy (non-hydrogen) atoms. The predicted molar refractivity (Wildman–Crippen MR) is 91.4 cm³/mol. The van der Waals surface area contributed by atoms with Crippen LogP contribution < -0.4 is 10.9 Å². The lowest BCUT2D eigenvalue weighted by Gasteiger charge is -2.09. The second kappa shape index (κ2) is 8.35. The lowest BCUT2D eigenvalue weighted by molar-refractivity contribution is -0.113. The fourth-order valence-electron chi connectivity index (χ4n) is 1.70. The molecule has 0 radical (unpaired) electrons. The molecule has 122 valence electrons. The minimum atomic E-state index is -0.315. The number of nitrogens with zero attached hydrogens (tertiary/aromatic N) is 1. The van der Waals surface area contributed by atoms with Crippen LogP contribution in [-0.2, 0) is 16.1 Å². The van der Waals surface area contributed by atoms with E-state index in [9.17, 15) is 9.59 Å². The maximum Gasteiger partial charge on any atom is 0.251 e. The van der Waals surface area contributed by atoms with Crippen LogP contribution in [0.1, 0.15) is 5.69 Å². The quantitative estimate of drug-likeness (QED) is 0.600. The molecule has 0 aliphatic rings. The molecule has 0 bridgehead atoms. The molecule has 1 aromatic carbocycles. The van der Waals surface area contributed by atoms with E-state index in [0.717, 1.165) is 11.8 Å². The maximum absolute atomic E-state index is 12.0. The van der Waals surface area contributed by atoms with Crippen molar-refractivity contribution < 1.29 is 9.53 Å². The third kappa shape index (κ3) is 5.24. The molecular weight excluding hydrogens is 361 g/mol. The molecular formula is C14H13Cl2N3O3S. The number of hydrogen-bond donors (Lipinski definition) is 2. The summed E-state index contributed by atoms with van der Waals surface area (Å²) in [5, 5.41) is 3.68. The van der Waals surface area contributed by atoms with Crippen LogP contribution in [-0.4, -0.2) is 28.7 Å². The standard InChI is InChI=1S/C14H13Cl2N3O3S/c1-22-6-8-5-11(20)19-14(17-8)23-7-12(21)18-13-9(15)3-2-4-10(13)16/h2-5H,6-7H2,1H3,(H,18,21)(H,17,19,20). The number of anilines is 1. The first-order valence-corrected chi connectivity index (χ1v) is 8.19. The van der Waals surface area contributed by atoms with Gasteiger partial charge in [0.15, 0.2) is 5.16 Å². The number of benzene rings is 1. The molecule has 0 aliphatic carbocycles. The first kappa shape index (κ1) is 17.8. The number of thioether (sulfide) groups is 1. The zero-order valence-corrected chi connectivity index (χ0v) is 14.4. The Morgan fingerprint density at radius 1 is 1.39 bits per heavy atom. The van der Waals surface area contributed by atoms with E-state index in [-0.39, 0.29) is 23.8 Å². The Morgan fingerprint density at radius 2 is 2.09 bits per heavy atom. The molecule has 0 unspecified atom stereocenters. The second-order valence-corrected chi connectivity index (χ2v) is 6.19. The molecule has 1 amide bonds. The second-order valence-electron chi connectivity index (χ2n) is 4.41. The van der Waals surface area contributed by atoms with Crippen LogP contribution in [0, 0.1) is 0 Å². The van der Waals surface area contributed by atoms with Gasteiger partial charge in [0.1, 0.15) is 0 Å². The van der Waals surface area contributed by atoms with E-state index in [0.29, 0.717) is 26.6 Å². The third-order valence-corrected chi connectivity index (χ3v) is 4.14. The van der Waals surface area contributed by atoms with E-state index < -0.39 is 0 Å². The Labute approximate surface area is 146 Å². The molecule has 1 heterocycles. The molecule has 1 aromatic heterocycles. The monoisotopic (exact) mass is 373 g/mol. The highest BCUT2D eigenvalue weighted by molar-refractivity contribution is 7.99. The molecule has 2 aromatic rings. The molecule has 0 saturated heterocycles. The maximum atomic E-state index is 12.0. The van der Waals surface area contributed by atoms with Gasteiger partial charge in [-0.1, -0.05) is 41.0 Å². The topological polar surface area (TPSA) is 84.1 Å². The van der Waals surface area contributed by atoms with Gasteiger partial charge >= 0.3 is 0 Å². The Morgan fingerprint density at radius 3 is 2.74 bits per heavy atom. The van der Waals surface area contributed by atoms with Crippen LogP contribution in [0.3, 0.4) is 0 Å². The largest absolute Gasteiger partial charge is 0.378 e. The van der Waals surface area contributed by atoms with Gasteiger partial charge in [-0.05, 0) is 12.1 Å². The van der Waals surface area contributed by atoms with Gasteiger partial charge in [0.25, 0.3) is 5.56 Å². The zero-order valence-electron chi connectivity index (χ0n) is 12.1. The summed E-state index contributed by atoms with van der Waals surface area (Å²) in [6.07, 6.45) is 0. The number of carbonyl (C=O) groups excluding carboxylic acids is 1. The van der Waals surface area contributed by atoms with Crippen molar-refractivity contribution in [1.29, 1.82) is 0 Å². The van der Waals surface area contributed by atoms with Gasteiger partial charge in [-0.25, -0.2) is 4.98 Å². The number of hydrogen-bond acceptors (Lipinski definition) is 5. The van der Waals surface area contributed by atoms with Gasteiger partial charge in [0, 0.05) is 13.2 Å². The van der Waals surface area contributed by atoms with Crippen molar-refractivity contribution in [3.8, 4) is 0 Å². The summed E-state index contributed by atoms with van der Waals surface area (Å²) in [5.74, 6) is -0.272. The fourth-order valence-corrected chi connectivity index (χ4v) is 2.89. The Balaban J connectivity index is 2.01. The number of aromatic amines is 1. The van der Waals surface area contributed by atoms with Crippen molar-refractivity contribution in [3.05, 3.63) is 50.4 Å². The van der Waals surface area contributed by atoms with Gasteiger partial charge in [0.2, 0.25) is 5.91 Å². The van der Waals surface area contributed by atoms with E-state index in [4.69, 9.17) is 27.9 Å². The van der Waals surface area contributed by atoms with E-state index in [1.165, 1.54) is 13.2 Å². The van der Waals surface area contributed by atoms with Crippen molar-refractivity contribution in [2.24, 2.45) is 0 Å². The number of methoxy groups -OCH3 is 1. The normalized spacial score (nSPS) is 10.6. The summed E-state index contributed by atoms with van der Waals surface area (Å²) in [5.41, 5.74) is 0.549. The summed E-state index contributed by atoms with van der Waals surface area (Å²) in [4.78, 5) is 30.2. The number of para-hydroxylation sites is 1. The smallest absolute Gasteiger partial charge is 0.251 e. The van der Waals surface area contributed by atoms with Crippen LogP contribution in [0.15, 0.2) is 34.2 Å². The number of H-pyrrole nitrogens is 1. The fraction of sp³-hybridized carbons (Fsp3) is 0.214. The van der Waals surface area contributed by atoms with Crippen molar-refractivity contribution >= 4 is 46.6 Å². The first-order chi connectivity index (χ1) is 11.0. The lowest BCUT2D eigenvalue weighted by Crippen LogP contribution is -2.16. The number of amides is 1. The molecule has 9 heteroatoms. The summed E-state index contributed by atoms with van der Waals surface area (Å²) in [6.45, 7) is 0.221. The number of ether oxygens (including phenoxy) is 1. The van der Waals surface area contributed by atoms with Crippen molar-refractivity contribution in [3.63, 3.8) is 0 Å². The minimum absolute atomic E-state index is 0.0426. The molecule has 2 rings (SSSR count). The molecule has 6 nitrogen and oxygen atoms in total. The highest BCUT2D eigenvalue weighted by atomic mass is 35.5. The third-order valence-electron chi connectivity index (χ3n) is 2.63. The minimum Gasteiger partial charge on any atom is -0.378 e. The average Bonchev–Trinajstić information content (AvgIpc) is 2.49. The number of aromatic nitrogens is 2. The highest BCUT2D eigenvalue weighted by Gasteiger charge is 2.11. The molecule has 0 fully saturated rings. The van der Waals surface area contributed by atoms with Gasteiger partial charge in [-0.15, -0.1) is 0 Å². The Bertz CT molecular complexity index is 747. The van der Waals surface area contributed by atoms with Crippen LogP contribution in [0.5, 0.6) is 0 Å². The molecule has 0 aliphatic heterocycles. The SMILES string of the molecule is COCc1cc(=O)[nH]c(SCC(=O)Nc2c(Cl)cccc2Cl)n1. The van der Waals surface area contributed by atoms with Crippen LogP contribution in [0.25, 0.3) is 0 Å². The number of nitrogens with one attached hydrogen (secondary N) is 2. The van der Waals surface area contributed by atoms with Crippen molar-refractivity contribution in [2.75, 3.05) is 18.2 Å². The van der Waals surface area contributed by atoms with E-state index in [1.54, 1.807) is 18.2 Å². The number of halogens is 2. The van der Waals surface area contributed by atoms with Gasteiger partial charge in [-0.2, -0.15) is 0 Å².